The molecule has 1 amide bonds. The van der Waals surface area contributed by atoms with Crippen LogP contribution in [0.1, 0.15) is 22.3 Å². The van der Waals surface area contributed by atoms with Crippen LogP contribution in [-0.4, -0.2) is 41.3 Å². The molecule has 1 aromatic carbocycles. The summed E-state index contributed by atoms with van der Waals surface area (Å²) in [5.41, 5.74) is 1.69. The Bertz CT molecular complexity index is 754. The molecule has 1 saturated heterocycles. The normalized spacial score (nSPS) is 16.4. The summed E-state index contributed by atoms with van der Waals surface area (Å²) in [5, 5.41) is 11.5. The second-order valence-electron chi connectivity index (χ2n) is 5.71. The molecule has 130 valence electrons. The summed E-state index contributed by atoms with van der Waals surface area (Å²) >= 11 is 0. The molecular weight excluding hydrogens is 324 g/mol. The van der Waals surface area contributed by atoms with E-state index in [0.29, 0.717) is 35.9 Å². The van der Waals surface area contributed by atoms with Gasteiger partial charge in [0.25, 0.3) is 5.91 Å². The number of aliphatic carboxylic acids is 1. The Morgan fingerprint density at radius 3 is 2.76 bits per heavy atom. The summed E-state index contributed by atoms with van der Waals surface area (Å²) in [7, 11) is 0. The summed E-state index contributed by atoms with van der Waals surface area (Å²) in [6, 6.07) is 9.88. The molecule has 1 aromatic heterocycles. The molecule has 2 aromatic rings. The fourth-order valence-electron chi connectivity index (χ4n) is 2.48. The Morgan fingerprint density at radius 1 is 1.28 bits per heavy atom. The zero-order chi connectivity index (χ0) is 17.6. The molecule has 3 rings (SSSR count). The smallest absolute Gasteiger partial charge is 0.307 e. The Labute approximate surface area is 144 Å². The standard InChI is InChI=1S/C18H18N2O5/c21-17(22)9-12-1-3-14(4-2-12)20-18(23)13-5-7-19-16(10-13)25-15-6-8-24-11-15/h1-5,7,10,15H,6,8-9,11H2,(H,20,23)(H,21,22)/t15-/m1/s1. The van der Waals surface area contributed by atoms with Crippen LogP contribution >= 0.6 is 0 Å². The van der Waals surface area contributed by atoms with Crippen LogP contribution in [0, 0.1) is 0 Å². The quantitative estimate of drug-likeness (QED) is 0.834. The molecule has 1 aliphatic heterocycles. The minimum absolute atomic E-state index is 0.0346. The highest BCUT2D eigenvalue weighted by Gasteiger charge is 2.18. The molecule has 7 heteroatoms. The highest BCUT2D eigenvalue weighted by molar-refractivity contribution is 6.04. The second-order valence-corrected chi connectivity index (χ2v) is 5.71. The van der Waals surface area contributed by atoms with Crippen molar-refractivity contribution < 1.29 is 24.2 Å². The molecule has 0 radical (unpaired) electrons. The number of aromatic nitrogens is 1. The lowest BCUT2D eigenvalue weighted by molar-refractivity contribution is -0.136. The molecule has 7 nitrogen and oxygen atoms in total. The summed E-state index contributed by atoms with van der Waals surface area (Å²) in [4.78, 5) is 27.1. The number of ether oxygens (including phenoxy) is 2. The van der Waals surface area contributed by atoms with Crippen LogP contribution in [-0.2, 0) is 16.0 Å². The first kappa shape index (κ1) is 16.9. The van der Waals surface area contributed by atoms with E-state index in [0.717, 1.165) is 6.42 Å². The van der Waals surface area contributed by atoms with Crippen LogP contribution in [0.5, 0.6) is 5.88 Å². The number of carbonyl (C=O) groups is 2. The van der Waals surface area contributed by atoms with Crippen LogP contribution in [0.3, 0.4) is 0 Å². The van der Waals surface area contributed by atoms with Crippen molar-refractivity contribution in [2.24, 2.45) is 0 Å². The Morgan fingerprint density at radius 2 is 2.08 bits per heavy atom. The lowest BCUT2D eigenvalue weighted by Crippen LogP contribution is -2.17. The van der Waals surface area contributed by atoms with Crippen molar-refractivity contribution in [2.75, 3.05) is 18.5 Å². The van der Waals surface area contributed by atoms with Gasteiger partial charge >= 0.3 is 5.97 Å². The van der Waals surface area contributed by atoms with Crippen LogP contribution in [0.15, 0.2) is 42.6 Å². The number of hydrogen-bond donors (Lipinski definition) is 2. The maximum atomic E-state index is 12.4. The first-order chi connectivity index (χ1) is 12.1. The van der Waals surface area contributed by atoms with Gasteiger partial charge in [0, 0.05) is 29.9 Å². The SMILES string of the molecule is O=C(O)Cc1ccc(NC(=O)c2ccnc(O[C@@H]3CCOC3)c2)cc1. The van der Waals surface area contributed by atoms with Gasteiger partial charge in [0.15, 0.2) is 0 Å². The van der Waals surface area contributed by atoms with E-state index in [4.69, 9.17) is 14.6 Å². The number of rotatable bonds is 6. The van der Waals surface area contributed by atoms with Crippen molar-refractivity contribution in [3.05, 3.63) is 53.7 Å². The third-order valence-corrected chi connectivity index (χ3v) is 3.74. The number of anilines is 1. The molecule has 0 spiro atoms. The van der Waals surface area contributed by atoms with Gasteiger partial charge in [-0.25, -0.2) is 4.98 Å². The van der Waals surface area contributed by atoms with Crippen LogP contribution in [0.4, 0.5) is 5.69 Å². The number of nitrogens with zero attached hydrogens (tertiary/aromatic N) is 1. The summed E-state index contributed by atoms with van der Waals surface area (Å²) in [6.45, 7) is 1.20. The Hall–Kier alpha value is -2.93. The van der Waals surface area contributed by atoms with Gasteiger partial charge in [-0.15, -0.1) is 0 Å². The number of benzene rings is 1. The van der Waals surface area contributed by atoms with E-state index in [1.54, 1.807) is 36.4 Å². The Kier molecular flexibility index (Phi) is 5.25. The van der Waals surface area contributed by atoms with E-state index in [1.165, 1.54) is 6.20 Å². The van der Waals surface area contributed by atoms with Crippen molar-refractivity contribution in [1.82, 2.24) is 4.98 Å². The number of carboxylic acid groups (broad SMARTS) is 1. The molecule has 1 atom stereocenters. The van der Waals surface area contributed by atoms with E-state index in [9.17, 15) is 9.59 Å². The predicted octanol–water partition coefficient (Wildman–Crippen LogP) is 2.13. The number of hydrogen-bond acceptors (Lipinski definition) is 5. The molecule has 2 heterocycles. The van der Waals surface area contributed by atoms with Gasteiger partial charge in [0.1, 0.15) is 6.10 Å². The van der Waals surface area contributed by atoms with Crippen LogP contribution < -0.4 is 10.1 Å². The van der Waals surface area contributed by atoms with Gasteiger partial charge in [0.05, 0.1) is 19.6 Å². The zero-order valence-corrected chi connectivity index (χ0v) is 13.5. The fourth-order valence-corrected chi connectivity index (χ4v) is 2.48. The molecule has 0 unspecified atom stereocenters. The number of pyridine rings is 1. The lowest BCUT2D eigenvalue weighted by atomic mass is 10.1. The number of carboxylic acids is 1. The van der Waals surface area contributed by atoms with Crippen molar-refractivity contribution in [3.8, 4) is 5.88 Å². The average Bonchev–Trinajstić information content (AvgIpc) is 3.09. The molecule has 25 heavy (non-hydrogen) atoms. The van der Waals surface area contributed by atoms with Crippen molar-refractivity contribution >= 4 is 17.6 Å². The zero-order valence-electron chi connectivity index (χ0n) is 13.5. The van der Waals surface area contributed by atoms with Crippen LogP contribution in [0.2, 0.25) is 0 Å². The third-order valence-electron chi connectivity index (χ3n) is 3.74. The van der Waals surface area contributed by atoms with Crippen molar-refractivity contribution in [3.63, 3.8) is 0 Å². The molecular formula is C18H18N2O5. The van der Waals surface area contributed by atoms with Crippen molar-refractivity contribution in [2.45, 2.75) is 18.9 Å². The maximum absolute atomic E-state index is 12.4. The fraction of sp³-hybridized carbons (Fsp3) is 0.278. The Balaban J connectivity index is 1.63. The van der Waals surface area contributed by atoms with Gasteiger partial charge in [-0.05, 0) is 23.8 Å². The molecule has 1 aliphatic rings. The minimum atomic E-state index is -0.895. The van der Waals surface area contributed by atoms with E-state index >= 15 is 0 Å². The molecule has 2 N–H and O–H groups in total. The molecule has 0 bridgehead atoms. The first-order valence-electron chi connectivity index (χ1n) is 7.93. The number of amides is 1. The maximum Gasteiger partial charge on any atom is 0.307 e. The van der Waals surface area contributed by atoms with Crippen LogP contribution in [0.25, 0.3) is 0 Å². The highest BCUT2D eigenvalue weighted by Crippen LogP contribution is 2.17. The van der Waals surface area contributed by atoms with E-state index in [-0.39, 0.29) is 18.4 Å². The summed E-state index contributed by atoms with van der Waals surface area (Å²) in [6.07, 6.45) is 2.24. The second kappa shape index (κ2) is 7.76. The summed E-state index contributed by atoms with van der Waals surface area (Å²) < 4.78 is 10.9. The topological polar surface area (TPSA) is 97.8 Å². The van der Waals surface area contributed by atoms with Gasteiger partial charge in [-0.3, -0.25) is 9.59 Å². The first-order valence-corrected chi connectivity index (χ1v) is 7.93. The monoisotopic (exact) mass is 342 g/mol. The third kappa shape index (κ3) is 4.77. The molecule has 0 saturated carbocycles. The molecule has 0 aliphatic carbocycles. The van der Waals surface area contributed by atoms with Gasteiger partial charge in [-0.1, -0.05) is 12.1 Å². The molecule has 1 fully saturated rings. The average molecular weight is 342 g/mol. The number of carbonyl (C=O) groups excluding carboxylic acids is 1. The summed E-state index contributed by atoms with van der Waals surface area (Å²) in [5.74, 6) is -0.797. The van der Waals surface area contributed by atoms with E-state index < -0.39 is 5.97 Å². The largest absolute Gasteiger partial charge is 0.481 e. The van der Waals surface area contributed by atoms with Gasteiger partial charge in [0.2, 0.25) is 5.88 Å². The van der Waals surface area contributed by atoms with E-state index in [2.05, 4.69) is 10.3 Å². The van der Waals surface area contributed by atoms with E-state index in [1.807, 2.05) is 0 Å². The van der Waals surface area contributed by atoms with Crippen molar-refractivity contribution in [1.29, 1.82) is 0 Å². The predicted molar refractivity (Wildman–Crippen MR) is 89.8 cm³/mol. The minimum Gasteiger partial charge on any atom is -0.481 e. The highest BCUT2D eigenvalue weighted by atomic mass is 16.5. The van der Waals surface area contributed by atoms with Gasteiger partial charge < -0.3 is 19.9 Å². The number of nitrogens with one attached hydrogen (secondary N) is 1. The lowest BCUT2D eigenvalue weighted by Gasteiger charge is -2.11. The van der Waals surface area contributed by atoms with Gasteiger partial charge in [-0.2, -0.15) is 0 Å².